The van der Waals surface area contributed by atoms with E-state index in [-0.39, 0.29) is 24.5 Å². The Morgan fingerprint density at radius 2 is 2.12 bits per heavy atom. The fourth-order valence-corrected chi connectivity index (χ4v) is 3.64. The van der Waals surface area contributed by atoms with Gasteiger partial charge < -0.3 is 14.6 Å². The number of rotatable bonds is 8. The van der Waals surface area contributed by atoms with Crippen LogP contribution in [-0.4, -0.2) is 30.8 Å². The molecule has 0 aromatic heterocycles. The van der Waals surface area contributed by atoms with Crippen LogP contribution in [0.5, 0.6) is 5.75 Å². The minimum Gasteiger partial charge on any atom is -0.507 e. The van der Waals surface area contributed by atoms with Crippen LogP contribution in [0.3, 0.4) is 0 Å². The molecule has 0 radical (unpaired) electrons. The number of hydrogen-bond acceptors (Lipinski definition) is 5. The second kappa shape index (κ2) is 10.00. The molecule has 0 heterocycles. The summed E-state index contributed by atoms with van der Waals surface area (Å²) in [4.78, 5) is 22.1. The highest BCUT2D eigenvalue weighted by Crippen LogP contribution is 2.44. The van der Waals surface area contributed by atoms with E-state index in [4.69, 9.17) is 4.74 Å². The summed E-state index contributed by atoms with van der Waals surface area (Å²) in [5.74, 6) is 0.443. The zero-order valence-corrected chi connectivity index (χ0v) is 15.6. The molecule has 1 saturated carbocycles. The molecule has 1 aromatic rings. The summed E-state index contributed by atoms with van der Waals surface area (Å²) in [6.07, 6.45) is 8.85. The molecule has 1 unspecified atom stereocenters. The van der Waals surface area contributed by atoms with Gasteiger partial charge in [0.2, 0.25) is 0 Å². The Kier molecular flexibility index (Phi) is 7.70. The van der Waals surface area contributed by atoms with Gasteiger partial charge in [0.25, 0.3) is 0 Å². The largest absolute Gasteiger partial charge is 0.507 e. The van der Waals surface area contributed by atoms with E-state index in [1.807, 2.05) is 24.3 Å². The van der Waals surface area contributed by atoms with Crippen LogP contribution in [0.4, 0.5) is 0 Å². The number of aryl methyl sites for hydroxylation is 1. The van der Waals surface area contributed by atoms with Gasteiger partial charge in [-0.25, -0.2) is 0 Å². The normalized spacial score (nSPS) is 19.6. The first-order valence-electron chi connectivity index (χ1n) is 9.20. The van der Waals surface area contributed by atoms with E-state index in [9.17, 15) is 14.7 Å². The topological polar surface area (TPSA) is 72.8 Å². The third-order valence-electron chi connectivity index (χ3n) is 4.94. The van der Waals surface area contributed by atoms with Crippen molar-refractivity contribution in [1.82, 2.24) is 0 Å². The molecule has 26 heavy (non-hydrogen) atoms. The smallest absolute Gasteiger partial charge is 0.305 e. The zero-order chi connectivity index (χ0) is 18.9. The lowest BCUT2D eigenvalue weighted by Gasteiger charge is -2.20. The van der Waals surface area contributed by atoms with Crippen molar-refractivity contribution >= 4 is 11.9 Å². The maximum absolute atomic E-state index is 11.2. The van der Waals surface area contributed by atoms with E-state index in [1.165, 1.54) is 14.0 Å². The van der Waals surface area contributed by atoms with Crippen LogP contribution < -0.4 is 0 Å². The molecule has 2 rings (SSSR count). The van der Waals surface area contributed by atoms with Crippen LogP contribution in [0, 0.1) is 5.92 Å². The summed E-state index contributed by atoms with van der Waals surface area (Å²) in [5, 5.41) is 10.7. The average Bonchev–Trinajstić information content (AvgIpc) is 3.08. The summed E-state index contributed by atoms with van der Waals surface area (Å²) < 4.78 is 9.60. The molecule has 2 atom stereocenters. The van der Waals surface area contributed by atoms with Crippen molar-refractivity contribution in [3.05, 3.63) is 41.5 Å². The molecule has 0 spiro atoms. The van der Waals surface area contributed by atoms with Gasteiger partial charge in [0.15, 0.2) is 0 Å². The van der Waals surface area contributed by atoms with Crippen LogP contribution >= 0.6 is 0 Å². The molecular formula is C21H28O5. The number of hydrogen-bond donors (Lipinski definition) is 1. The summed E-state index contributed by atoms with van der Waals surface area (Å²) in [7, 11) is 1.38. The number of carbonyl (C=O) groups excluding carboxylic acids is 2. The highest BCUT2D eigenvalue weighted by atomic mass is 16.5. The number of esters is 2. The summed E-state index contributed by atoms with van der Waals surface area (Å²) in [6.45, 7) is 1.69. The van der Waals surface area contributed by atoms with Gasteiger partial charge in [-0.3, -0.25) is 9.59 Å². The highest BCUT2D eigenvalue weighted by molar-refractivity contribution is 5.69. The predicted octanol–water partition coefficient (Wildman–Crippen LogP) is 3.89. The minimum absolute atomic E-state index is 0.227. The Bertz CT molecular complexity index is 650. The lowest BCUT2D eigenvalue weighted by Crippen LogP contribution is -2.06. The SMILES string of the molecule is COC(=O)CCCc1cccc([C@H]2CCCC2/C=C/COC(C)=O)c1O. The third kappa shape index (κ3) is 5.61. The number of phenols is 1. The lowest BCUT2D eigenvalue weighted by atomic mass is 9.86. The molecular weight excluding hydrogens is 332 g/mol. The van der Waals surface area contributed by atoms with Crippen molar-refractivity contribution in [1.29, 1.82) is 0 Å². The molecule has 5 nitrogen and oxygen atoms in total. The second-order valence-corrected chi connectivity index (χ2v) is 6.72. The van der Waals surface area contributed by atoms with Gasteiger partial charge >= 0.3 is 11.9 Å². The zero-order valence-electron chi connectivity index (χ0n) is 15.6. The fraction of sp³-hybridized carbons (Fsp3) is 0.524. The Morgan fingerprint density at radius 1 is 1.31 bits per heavy atom. The quantitative estimate of drug-likeness (QED) is 0.562. The van der Waals surface area contributed by atoms with Gasteiger partial charge in [-0.2, -0.15) is 0 Å². The van der Waals surface area contributed by atoms with Crippen molar-refractivity contribution in [2.75, 3.05) is 13.7 Å². The first kappa shape index (κ1) is 20.0. The molecule has 1 fully saturated rings. The average molecular weight is 360 g/mol. The first-order chi connectivity index (χ1) is 12.5. The Labute approximate surface area is 155 Å². The molecule has 1 aliphatic carbocycles. The van der Waals surface area contributed by atoms with Crippen LogP contribution in [-0.2, 0) is 25.5 Å². The molecule has 142 valence electrons. The van der Waals surface area contributed by atoms with Crippen molar-refractivity contribution in [2.24, 2.45) is 5.92 Å². The van der Waals surface area contributed by atoms with Crippen LogP contribution in [0.15, 0.2) is 30.4 Å². The number of carbonyl (C=O) groups is 2. The van der Waals surface area contributed by atoms with Crippen molar-refractivity contribution in [2.45, 2.75) is 51.4 Å². The van der Waals surface area contributed by atoms with Crippen molar-refractivity contribution in [3.8, 4) is 5.75 Å². The molecule has 1 N–H and O–H groups in total. The maximum Gasteiger partial charge on any atom is 0.305 e. The van der Waals surface area contributed by atoms with Crippen LogP contribution in [0.2, 0.25) is 0 Å². The third-order valence-corrected chi connectivity index (χ3v) is 4.94. The van der Waals surface area contributed by atoms with Crippen LogP contribution in [0.1, 0.15) is 56.1 Å². The van der Waals surface area contributed by atoms with Gasteiger partial charge in [-0.15, -0.1) is 0 Å². The number of para-hydroxylation sites is 1. The first-order valence-corrected chi connectivity index (χ1v) is 9.20. The molecule has 1 aromatic carbocycles. The number of ether oxygens (including phenoxy) is 2. The molecule has 1 aliphatic rings. The Hall–Kier alpha value is -2.30. The summed E-state index contributed by atoms with van der Waals surface area (Å²) >= 11 is 0. The maximum atomic E-state index is 11.2. The van der Waals surface area contributed by atoms with Gasteiger partial charge in [-0.1, -0.05) is 36.8 Å². The summed E-state index contributed by atoms with van der Waals surface area (Å²) in [6, 6.07) is 5.87. The van der Waals surface area contributed by atoms with Crippen molar-refractivity contribution in [3.63, 3.8) is 0 Å². The molecule has 0 bridgehead atoms. The standard InChI is InChI=1S/C21H28O5/c1-15(22)26-14-6-10-16-7-3-11-18(16)19-12-4-8-17(21(19)24)9-5-13-20(23)25-2/h4,6,8,10,12,16,18,24H,3,5,7,9,11,13-14H2,1-2H3/b10-6+/t16?,18-/m0/s1. The van der Waals surface area contributed by atoms with E-state index in [0.717, 1.165) is 30.4 Å². The van der Waals surface area contributed by atoms with Gasteiger partial charge in [0.1, 0.15) is 12.4 Å². The number of benzene rings is 1. The number of aromatic hydroxyl groups is 1. The molecule has 0 aliphatic heterocycles. The van der Waals surface area contributed by atoms with E-state index in [2.05, 4.69) is 10.8 Å². The summed E-state index contributed by atoms with van der Waals surface area (Å²) in [5.41, 5.74) is 1.85. The molecule has 5 heteroatoms. The fourth-order valence-electron chi connectivity index (χ4n) is 3.64. The molecule has 0 saturated heterocycles. The van der Waals surface area contributed by atoms with Crippen molar-refractivity contribution < 1.29 is 24.2 Å². The minimum atomic E-state index is -0.282. The lowest BCUT2D eigenvalue weighted by molar-refractivity contribution is -0.141. The van der Waals surface area contributed by atoms with E-state index >= 15 is 0 Å². The Morgan fingerprint density at radius 3 is 2.85 bits per heavy atom. The van der Waals surface area contributed by atoms with Crippen LogP contribution in [0.25, 0.3) is 0 Å². The van der Waals surface area contributed by atoms with E-state index < -0.39 is 0 Å². The van der Waals surface area contributed by atoms with Gasteiger partial charge in [0.05, 0.1) is 7.11 Å². The molecule has 0 amide bonds. The van der Waals surface area contributed by atoms with Gasteiger partial charge in [0, 0.05) is 13.3 Å². The number of phenolic OH excluding ortho intramolecular Hbond substituents is 1. The predicted molar refractivity (Wildman–Crippen MR) is 98.9 cm³/mol. The number of methoxy groups -OCH3 is 1. The van der Waals surface area contributed by atoms with E-state index in [0.29, 0.717) is 30.9 Å². The Balaban J connectivity index is 2.03. The van der Waals surface area contributed by atoms with Gasteiger partial charge in [-0.05, 0) is 48.6 Å². The highest BCUT2D eigenvalue weighted by Gasteiger charge is 2.29. The number of allylic oxidation sites excluding steroid dienone is 1. The van der Waals surface area contributed by atoms with E-state index in [1.54, 1.807) is 0 Å². The monoisotopic (exact) mass is 360 g/mol. The second-order valence-electron chi connectivity index (χ2n) is 6.72.